The highest BCUT2D eigenvalue weighted by Crippen LogP contribution is 2.26. The van der Waals surface area contributed by atoms with E-state index in [9.17, 15) is 13.6 Å². The SMILES string of the molecule is C=C(N/C=C\C)C1CCN(C(=O)c2ccc(-c3ccc(C(F)F)cc3)cc2)CC1. The summed E-state index contributed by atoms with van der Waals surface area (Å²) in [6.07, 6.45) is 3.13. The molecule has 5 heteroatoms. The van der Waals surface area contributed by atoms with Crippen LogP contribution < -0.4 is 5.32 Å². The minimum absolute atomic E-state index is 0.00699. The Bertz CT molecular complexity index is 865. The van der Waals surface area contributed by atoms with Crippen molar-refractivity contribution in [3.63, 3.8) is 0 Å². The molecule has 152 valence electrons. The number of rotatable bonds is 6. The van der Waals surface area contributed by atoms with Crippen molar-refractivity contribution in [3.8, 4) is 11.1 Å². The van der Waals surface area contributed by atoms with Crippen LogP contribution in [0.4, 0.5) is 8.78 Å². The lowest BCUT2D eigenvalue weighted by Crippen LogP contribution is -2.39. The minimum atomic E-state index is -2.47. The molecule has 0 spiro atoms. The zero-order valence-electron chi connectivity index (χ0n) is 16.6. The molecule has 0 aromatic heterocycles. The number of hydrogen-bond acceptors (Lipinski definition) is 2. The number of halogens is 2. The Morgan fingerprint density at radius 1 is 1.07 bits per heavy atom. The van der Waals surface area contributed by atoms with E-state index in [0.29, 0.717) is 24.6 Å². The lowest BCUT2D eigenvalue weighted by Gasteiger charge is -2.33. The van der Waals surface area contributed by atoms with E-state index in [0.717, 1.165) is 29.7 Å². The van der Waals surface area contributed by atoms with Crippen LogP contribution in [0.5, 0.6) is 0 Å². The van der Waals surface area contributed by atoms with Crippen molar-refractivity contribution in [2.24, 2.45) is 5.92 Å². The summed E-state index contributed by atoms with van der Waals surface area (Å²) in [7, 11) is 0. The minimum Gasteiger partial charge on any atom is -0.366 e. The zero-order valence-corrected chi connectivity index (χ0v) is 16.6. The number of hydrogen-bond donors (Lipinski definition) is 1. The maximum Gasteiger partial charge on any atom is 0.263 e. The summed E-state index contributed by atoms with van der Waals surface area (Å²) in [6.45, 7) is 7.45. The number of benzene rings is 2. The van der Waals surface area contributed by atoms with Gasteiger partial charge in [0, 0.05) is 35.8 Å². The highest BCUT2D eigenvalue weighted by molar-refractivity contribution is 5.94. The molecule has 0 unspecified atom stereocenters. The topological polar surface area (TPSA) is 32.3 Å². The van der Waals surface area contributed by atoms with Crippen LogP contribution >= 0.6 is 0 Å². The lowest BCUT2D eigenvalue weighted by atomic mass is 9.93. The number of piperidine rings is 1. The number of alkyl halides is 2. The Hall–Kier alpha value is -2.95. The van der Waals surface area contributed by atoms with Crippen molar-refractivity contribution in [1.82, 2.24) is 10.2 Å². The molecule has 2 aromatic rings. The molecule has 29 heavy (non-hydrogen) atoms. The van der Waals surface area contributed by atoms with Crippen LogP contribution in [-0.2, 0) is 0 Å². The molecule has 1 saturated heterocycles. The van der Waals surface area contributed by atoms with Crippen molar-refractivity contribution < 1.29 is 13.6 Å². The van der Waals surface area contributed by atoms with Gasteiger partial charge in [-0.2, -0.15) is 0 Å². The molecule has 1 N–H and O–H groups in total. The van der Waals surface area contributed by atoms with E-state index in [4.69, 9.17) is 0 Å². The second-order valence-electron chi connectivity index (χ2n) is 7.24. The van der Waals surface area contributed by atoms with Gasteiger partial charge in [0.15, 0.2) is 0 Å². The second kappa shape index (κ2) is 9.50. The Labute approximate surface area is 170 Å². The first-order valence-electron chi connectivity index (χ1n) is 9.84. The molecule has 0 radical (unpaired) electrons. The zero-order chi connectivity index (χ0) is 20.8. The molecule has 1 aliphatic rings. The summed E-state index contributed by atoms with van der Waals surface area (Å²) in [5.74, 6) is 0.393. The van der Waals surface area contributed by atoms with Gasteiger partial charge >= 0.3 is 0 Å². The third-order valence-electron chi connectivity index (χ3n) is 5.34. The summed E-state index contributed by atoms with van der Waals surface area (Å²) in [6, 6.07) is 13.6. The smallest absolute Gasteiger partial charge is 0.263 e. The Balaban J connectivity index is 1.60. The van der Waals surface area contributed by atoms with Crippen LogP contribution in [0.15, 0.2) is 73.1 Å². The third kappa shape index (κ3) is 5.11. The van der Waals surface area contributed by atoms with Gasteiger partial charge in [-0.25, -0.2) is 8.78 Å². The highest BCUT2D eigenvalue weighted by Gasteiger charge is 2.25. The first kappa shape index (κ1) is 20.8. The third-order valence-corrected chi connectivity index (χ3v) is 5.34. The fourth-order valence-corrected chi connectivity index (χ4v) is 3.55. The fourth-order valence-electron chi connectivity index (χ4n) is 3.55. The van der Waals surface area contributed by atoms with Crippen LogP contribution in [0.25, 0.3) is 11.1 Å². The van der Waals surface area contributed by atoms with Gasteiger partial charge in [-0.1, -0.05) is 49.1 Å². The molecule has 1 heterocycles. The Morgan fingerprint density at radius 3 is 2.14 bits per heavy atom. The van der Waals surface area contributed by atoms with Crippen LogP contribution in [0.3, 0.4) is 0 Å². The van der Waals surface area contributed by atoms with E-state index < -0.39 is 6.43 Å². The largest absolute Gasteiger partial charge is 0.366 e. The molecule has 1 fully saturated rings. The predicted octanol–water partition coefficient (Wildman–Crippen LogP) is 5.78. The number of allylic oxidation sites excluding steroid dienone is 2. The molecule has 1 amide bonds. The summed E-state index contributed by atoms with van der Waals surface area (Å²) < 4.78 is 25.4. The summed E-state index contributed by atoms with van der Waals surface area (Å²) >= 11 is 0. The molecule has 3 rings (SSSR count). The first-order chi connectivity index (χ1) is 14.0. The summed E-state index contributed by atoms with van der Waals surface area (Å²) in [5, 5.41) is 3.19. The van der Waals surface area contributed by atoms with Crippen molar-refractivity contribution >= 4 is 5.91 Å². The fraction of sp³-hybridized carbons (Fsp3) is 0.292. The molecule has 1 aliphatic heterocycles. The van der Waals surface area contributed by atoms with Crippen LogP contribution in [0, 0.1) is 5.92 Å². The second-order valence-corrected chi connectivity index (χ2v) is 7.24. The molecule has 0 aliphatic carbocycles. The quantitative estimate of drug-likeness (QED) is 0.671. The normalized spacial score (nSPS) is 15.1. The Morgan fingerprint density at radius 2 is 1.62 bits per heavy atom. The summed E-state index contributed by atoms with van der Waals surface area (Å²) in [4.78, 5) is 14.7. The van der Waals surface area contributed by atoms with Crippen molar-refractivity contribution in [2.45, 2.75) is 26.2 Å². The predicted molar refractivity (Wildman–Crippen MR) is 113 cm³/mol. The van der Waals surface area contributed by atoms with Gasteiger partial charge in [0.05, 0.1) is 0 Å². The van der Waals surface area contributed by atoms with Gasteiger partial charge in [0.25, 0.3) is 12.3 Å². The molecule has 0 atom stereocenters. The summed E-state index contributed by atoms with van der Waals surface area (Å²) in [5.41, 5.74) is 3.39. The van der Waals surface area contributed by atoms with Gasteiger partial charge in [0.1, 0.15) is 0 Å². The maximum atomic E-state index is 12.8. The van der Waals surface area contributed by atoms with Crippen LogP contribution in [-0.4, -0.2) is 23.9 Å². The van der Waals surface area contributed by atoms with Crippen molar-refractivity contribution in [1.29, 1.82) is 0 Å². The number of carbonyl (C=O) groups excluding carboxylic acids is 1. The number of amides is 1. The van der Waals surface area contributed by atoms with Gasteiger partial charge in [0.2, 0.25) is 0 Å². The first-order valence-corrected chi connectivity index (χ1v) is 9.84. The van der Waals surface area contributed by atoms with E-state index in [1.165, 1.54) is 12.1 Å². The van der Waals surface area contributed by atoms with Crippen LogP contribution in [0.2, 0.25) is 0 Å². The van der Waals surface area contributed by atoms with E-state index >= 15 is 0 Å². The van der Waals surface area contributed by atoms with E-state index in [2.05, 4.69) is 11.9 Å². The average Bonchev–Trinajstić information content (AvgIpc) is 2.77. The number of nitrogens with one attached hydrogen (secondary N) is 1. The molecule has 0 saturated carbocycles. The van der Waals surface area contributed by atoms with Gasteiger partial charge < -0.3 is 10.2 Å². The molecule has 0 bridgehead atoms. The monoisotopic (exact) mass is 396 g/mol. The Kier molecular flexibility index (Phi) is 6.81. The number of nitrogens with zero attached hydrogens (tertiary/aromatic N) is 1. The van der Waals surface area contributed by atoms with Gasteiger partial charge in [-0.05, 0) is 49.2 Å². The van der Waals surface area contributed by atoms with Crippen molar-refractivity contribution in [3.05, 3.63) is 84.2 Å². The lowest BCUT2D eigenvalue weighted by molar-refractivity contribution is 0.0700. The van der Waals surface area contributed by atoms with Gasteiger partial charge in [-0.3, -0.25) is 4.79 Å². The van der Waals surface area contributed by atoms with Gasteiger partial charge in [-0.15, -0.1) is 0 Å². The standard InChI is InChI=1S/C24H26F2N2O/c1-3-14-27-17(2)18-12-15-28(16-13-18)24(29)22-10-6-20(7-11-22)19-4-8-21(9-5-19)23(25)26/h3-11,14,18,23,27H,2,12-13,15-16H2,1H3/b14-3-. The van der Waals surface area contributed by atoms with E-state index in [-0.39, 0.29) is 11.5 Å². The molecular weight excluding hydrogens is 370 g/mol. The molecular formula is C24H26F2N2O. The van der Waals surface area contributed by atoms with Crippen molar-refractivity contribution in [2.75, 3.05) is 13.1 Å². The van der Waals surface area contributed by atoms with E-state index in [1.54, 1.807) is 24.3 Å². The highest BCUT2D eigenvalue weighted by atomic mass is 19.3. The van der Waals surface area contributed by atoms with Crippen LogP contribution in [0.1, 0.15) is 42.1 Å². The average molecular weight is 396 g/mol. The molecule has 2 aromatic carbocycles. The maximum absolute atomic E-state index is 12.8. The number of likely N-dealkylation sites (tertiary alicyclic amines) is 1. The molecule has 3 nitrogen and oxygen atoms in total. The van der Waals surface area contributed by atoms with E-state index in [1.807, 2.05) is 36.2 Å². The number of carbonyl (C=O) groups is 1.